The van der Waals surface area contributed by atoms with Crippen LogP contribution < -0.4 is 4.74 Å². The van der Waals surface area contributed by atoms with Gasteiger partial charge in [-0.15, -0.1) is 0 Å². The molecule has 3 aromatic rings. The smallest absolute Gasteiger partial charge is 0.416 e. The Labute approximate surface area is 201 Å². The Bertz CT molecular complexity index is 1340. The van der Waals surface area contributed by atoms with Gasteiger partial charge in [-0.25, -0.2) is 0 Å². The van der Waals surface area contributed by atoms with Crippen molar-refractivity contribution in [2.75, 3.05) is 0 Å². The van der Waals surface area contributed by atoms with Crippen LogP contribution in [0.2, 0.25) is 0 Å². The molecule has 2 amide bonds. The number of alkyl halides is 3. The van der Waals surface area contributed by atoms with Gasteiger partial charge in [0.15, 0.2) is 0 Å². The zero-order chi connectivity index (χ0) is 25.2. The second-order valence-corrected chi connectivity index (χ2v) is 8.36. The third kappa shape index (κ3) is 5.52. The van der Waals surface area contributed by atoms with Crippen LogP contribution in [0.15, 0.2) is 77.7 Å². The van der Waals surface area contributed by atoms with Gasteiger partial charge in [0.2, 0.25) is 5.75 Å². The molecule has 0 N–H and O–H groups in total. The first-order valence-electron chi connectivity index (χ1n) is 10.0. The average molecular weight is 500 g/mol. The topological polar surface area (TPSA) is 89.7 Å². The Balaban J connectivity index is 1.56. The summed E-state index contributed by atoms with van der Waals surface area (Å²) in [5.41, 5.74) is -0.754. The minimum absolute atomic E-state index is 0.102. The van der Waals surface area contributed by atoms with Crippen molar-refractivity contribution in [2.45, 2.75) is 12.7 Å². The zero-order valence-electron chi connectivity index (χ0n) is 17.7. The van der Waals surface area contributed by atoms with Crippen molar-refractivity contribution in [3.63, 3.8) is 0 Å². The van der Waals surface area contributed by atoms with Crippen LogP contribution in [-0.4, -0.2) is 21.0 Å². The number of benzene rings is 3. The Hall–Kier alpha value is -4.12. The average Bonchev–Trinajstić information content (AvgIpc) is 3.06. The molecule has 0 saturated carbocycles. The SMILES string of the molecule is O=C1S/C(=C\c2cccc(Oc3ccc(C(F)(F)F)cc3[N+](=O)[O-])c2)C(=O)N1Cc1ccccc1. The minimum Gasteiger partial charge on any atom is -0.450 e. The number of nitrogens with zero attached hydrogens (tertiary/aromatic N) is 2. The molecule has 35 heavy (non-hydrogen) atoms. The van der Waals surface area contributed by atoms with Gasteiger partial charge >= 0.3 is 11.9 Å². The van der Waals surface area contributed by atoms with Gasteiger partial charge < -0.3 is 4.74 Å². The normalized spacial score (nSPS) is 15.1. The van der Waals surface area contributed by atoms with Crippen LogP contribution in [0.1, 0.15) is 16.7 Å². The Morgan fingerprint density at radius 2 is 1.74 bits per heavy atom. The molecular formula is C24H15F3N2O5S. The molecule has 178 valence electrons. The highest BCUT2D eigenvalue weighted by atomic mass is 32.2. The van der Waals surface area contributed by atoms with Crippen molar-refractivity contribution in [3.8, 4) is 11.5 Å². The van der Waals surface area contributed by atoms with Crippen LogP contribution in [0.4, 0.5) is 23.7 Å². The summed E-state index contributed by atoms with van der Waals surface area (Å²) < 4.78 is 44.2. The van der Waals surface area contributed by atoms with Crippen LogP contribution in [0, 0.1) is 10.1 Å². The van der Waals surface area contributed by atoms with Crippen molar-refractivity contribution in [1.82, 2.24) is 4.90 Å². The molecule has 4 rings (SSSR count). The molecule has 1 fully saturated rings. The first-order chi connectivity index (χ1) is 16.6. The Morgan fingerprint density at radius 3 is 2.43 bits per heavy atom. The predicted octanol–water partition coefficient (Wildman–Crippen LogP) is 6.64. The summed E-state index contributed by atoms with van der Waals surface area (Å²) >= 11 is 0.778. The van der Waals surface area contributed by atoms with Gasteiger partial charge in [-0.3, -0.25) is 24.6 Å². The number of hydrogen-bond acceptors (Lipinski definition) is 6. The molecule has 3 aromatic carbocycles. The molecule has 0 unspecified atom stereocenters. The summed E-state index contributed by atoms with van der Waals surface area (Å²) in [6.45, 7) is 0.129. The van der Waals surface area contributed by atoms with Gasteiger partial charge in [0.05, 0.1) is 21.9 Å². The standard InChI is InChI=1S/C24H15F3N2O5S/c25-24(26,27)17-9-10-20(19(13-17)29(32)33)34-18-8-4-7-16(11-18)12-21-22(30)28(23(31)35-21)14-15-5-2-1-3-6-15/h1-13H,14H2/b21-12-. The van der Waals surface area contributed by atoms with Crippen LogP contribution in [0.25, 0.3) is 6.08 Å². The van der Waals surface area contributed by atoms with Crippen molar-refractivity contribution >= 4 is 34.7 Å². The molecule has 1 saturated heterocycles. The van der Waals surface area contributed by atoms with E-state index in [-0.39, 0.29) is 22.9 Å². The van der Waals surface area contributed by atoms with Crippen LogP contribution >= 0.6 is 11.8 Å². The number of rotatable bonds is 6. The number of ether oxygens (including phenoxy) is 1. The number of carbonyl (C=O) groups is 2. The highest BCUT2D eigenvalue weighted by Crippen LogP contribution is 2.38. The number of halogens is 3. The number of amides is 2. The summed E-state index contributed by atoms with van der Waals surface area (Å²) in [6.07, 6.45) is -3.27. The van der Waals surface area contributed by atoms with E-state index in [4.69, 9.17) is 4.74 Å². The molecule has 0 atom stereocenters. The van der Waals surface area contributed by atoms with Crippen LogP contribution in [0.3, 0.4) is 0 Å². The quantitative estimate of drug-likeness (QED) is 0.214. The number of hydrogen-bond donors (Lipinski definition) is 0. The minimum atomic E-state index is -4.74. The lowest BCUT2D eigenvalue weighted by molar-refractivity contribution is -0.385. The fourth-order valence-corrected chi connectivity index (χ4v) is 4.11. The number of nitro groups is 1. The van der Waals surface area contributed by atoms with E-state index >= 15 is 0 Å². The van der Waals surface area contributed by atoms with Crippen LogP contribution in [0.5, 0.6) is 11.5 Å². The van der Waals surface area contributed by atoms with E-state index in [1.165, 1.54) is 18.2 Å². The Morgan fingerprint density at radius 1 is 1.00 bits per heavy atom. The van der Waals surface area contributed by atoms with Gasteiger partial charge in [-0.2, -0.15) is 13.2 Å². The second-order valence-electron chi connectivity index (χ2n) is 7.37. The van der Waals surface area contributed by atoms with Gasteiger partial charge in [-0.1, -0.05) is 42.5 Å². The van der Waals surface area contributed by atoms with Gasteiger partial charge in [-0.05, 0) is 53.2 Å². The molecule has 1 heterocycles. The predicted molar refractivity (Wildman–Crippen MR) is 123 cm³/mol. The molecule has 11 heteroatoms. The summed E-state index contributed by atoms with van der Waals surface area (Å²) in [7, 11) is 0. The lowest BCUT2D eigenvalue weighted by Gasteiger charge is -2.12. The molecule has 7 nitrogen and oxygen atoms in total. The molecular weight excluding hydrogens is 485 g/mol. The van der Waals surface area contributed by atoms with Gasteiger partial charge in [0.1, 0.15) is 5.75 Å². The van der Waals surface area contributed by atoms with E-state index in [1.807, 2.05) is 6.07 Å². The van der Waals surface area contributed by atoms with Gasteiger partial charge in [0, 0.05) is 6.07 Å². The third-order valence-corrected chi connectivity index (χ3v) is 5.83. The van der Waals surface area contributed by atoms with E-state index in [1.54, 1.807) is 36.4 Å². The monoisotopic (exact) mass is 500 g/mol. The molecule has 0 radical (unpaired) electrons. The molecule has 0 spiro atoms. The van der Waals surface area contributed by atoms with Crippen molar-refractivity contribution in [1.29, 1.82) is 0 Å². The van der Waals surface area contributed by atoms with E-state index in [0.29, 0.717) is 17.7 Å². The van der Waals surface area contributed by atoms with E-state index < -0.39 is 33.5 Å². The number of carbonyl (C=O) groups excluding carboxylic acids is 2. The second kappa shape index (κ2) is 9.63. The molecule has 1 aliphatic rings. The zero-order valence-corrected chi connectivity index (χ0v) is 18.5. The maximum Gasteiger partial charge on any atom is 0.416 e. The molecule has 0 bridgehead atoms. The number of nitro benzene ring substituents is 1. The van der Waals surface area contributed by atoms with E-state index in [2.05, 4.69) is 0 Å². The lowest BCUT2D eigenvalue weighted by Crippen LogP contribution is -2.27. The lowest BCUT2D eigenvalue weighted by atomic mass is 10.1. The summed E-state index contributed by atoms with van der Waals surface area (Å²) in [5, 5.41) is 10.9. The first kappa shape index (κ1) is 24.0. The third-order valence-electron chi connectivity index (χ3n) is 4.92. The highest BCUT2D eigenvalue weighted by molar-refractivity contribution is 8.18. The summed E-state index contributed by atoms with van der Waals surface area (Å²) in [5.74, 6) is -0.734. The van der Waals surface area contributed by atoms with Crippen molar-refractivity contribution in [3.05, 3.63) is 105 Å². The fourth-order valence-electron chi connectivity index (χ4n) is 3.27. The maximum atomic E-state index is 12.9. The Kier molecular flexibility index (Phi) is 6.61. The number of thioether (sulfide) groups is 1. The van der Waals surface area contributed by atoms with E-state index in [0.717, 1.165) is 28.3 Å². The summed E-state index contributed by atoms with van der Waals surface area (Å²) in [6, 6.07) is 17.1. The largest absolute Gasteiger partial charge is 0.450 e. The molecule has 0 aliphatic carbocycles. The summed E-state index contributed by atoms with van der Waals surface area (Å²) in [4.78, 5) is 36.7. The van der Waals surface area contributed by atoms with Gasteiger partial charge in [0.25, 0.3) is 11.1 Å². The van der Waals surface area contributed by atoms with Crippen molar-refractivity contribution < 1.29 is 32.4 Å². The van der Waals surface area contributed by atoms with Crippen LogP contribution in [-0.2, 0) is 17.5 Å². The van der Waals surface area contributed by atoms with E-state index in [9.17, 15) is 32.9 Å². The fraction of sp³-hybridized carbons (Fsp3) is 0.0833. The first-order valence-corrected chi connectivity index (χ1v) is 10.9. The molecule has 1 aliphatic heterocycles. The molecule has 0 aromatic heterocycles. The van der Waals surface area contributed by atoms with Crippen molar-refractivity contribution in [2.24, 2.45) is 0 Å². The number of imide groups is 1. The highest BCUT2D eigenvalue weighted by Gasteiger charge is 2.35. The maximum absolute atomic E-state index is 12.9.